The van der Waals surface area contributed by atoms with Gasteiger partial charge in [-0.1, -0.05) is 0 Å². The Hall–Kier alpha value is -1.74. The molecule has 0 saturated heterocycles. The maximum atomic E-state index is 11.7. The van der Waals surface area contributed by atoms with Gasteiger partial charge in [-0.05, 0) is 43.8 Å². The number of aromatic amines is 1. The molecule has 0 amide bonds. The third kappa shape index (κ3) is 3.30. The van der Waals surface area contributed by atoms with E-state index < -0.39 is 9.84 Å². The Bertz CT molecular complexity index is 821. The number of benzene rings is 1. The van der Waals surface area contributed by atoms with E-state index in [1.165, 1.54) is 28.5 Å². The van der Waals surface area contributed by atoms with Crippen molar-refractivity contribution in [1.82, 2.24) is 14.8 Å². The number of hydrogen-bond donors (Lipinski definition) is 2. The maximum Gasteiger partial charge on any atom is 0.344 e. The molecule has 0 aliphatic carbocycles. The summed E-state index contributed by atoms with van der Waals surface area (Å²) in [6.45, 7) is 3.74. The van der Waals surface area contributed by atoms with E-state index in [1.54, 1.807) is 6.07 Å². The lowest BCUT2D eigenvalue weighted by atomic mass is 10.3. The number of H-pyrrole nitrogens is 1. The van der Waals surface area contributed by atoms with Gasteiger partial charge in [-0.3, -0.25) is 4.57 Å². The molecule has 0 atom stereocenters. The third-order valence-electron chi connectivity index (χ3n) is 2.80. The molecule has 9 heteroatoms. The van der Waals surface area contributed by atoms with Crippen LogP contribution in [0.3, 0.4) is 0 Å². The van der Waals surface area contributed by atoms with Gasteiger partial charge in [0, 0.05) is 22.9 Å². The minimum Gasteiger partial charge on any atom is -0.398 e. The Balaban J connectivity index is 2.40. The van der Waals surface area contributed by atoms with Crippen molar-refractivity contribution in [3.05, 3.63) is 28.7 Å². The second-order valence-corrected chi connectivity index (χ2v) is 7.87. The molecular weight excluding hydrogens is 312 g/mol. The molecule has 0 saturated carbocycles. The summed E-state index contributed by atoms with van der Waals surface area (Å²) in [6, 6.07) is 4.45. The van der Waals surface area contributed by atoms with Crippen LogP contribution < -0.4 is 11.4 Å². The number of nitrogens with one attached hydrogen (secondary N) is 1. The average molecular weight is 328 g/mol. The highest BCUT2D eigenvalue weighted by atomic mass is 32.2. The zero-order valence-corrected chi connectivity index (χ0v) is 13.5. The van der Waals surface area contributed by atoms with E-state index in [4.69, 9.17) is 5.73 Å². The van der Waals surface area contributed by atoms with E-state index in [1.807, 2.05) is 13.8 Å². The summed E-state index contributed by atoms with van der Waals surface area (Å²) in [7, 11) is -3.30. The minimum absolute atomic E-state index is 0.0460. The van der Waals surface area contributed by atoms with Gasteiger partial charge in [0.25, 0.3) is 0 Å². The van der Waals surface area contributed by atoms with Gasteiger partial charge in [-0.15, -0.1) is 5.10 Å². The van der Waals surface area contributed by atoms with Crippen LogP contribution in [0.4, 0.5) is 5.69 Å². The van der Waals surface area contributed by atoms with Gasteiger partial charge >= 0.3 is 5.69 Å². The minimum atomic E-state index is -3.30. The Morgan fingerprint density at radius 2 is 2.05 bits per heavy atom. The number of nitrogens with zero attached hydrogens (tertiary/aromatic N) is 2. The van der Waals surface area contributed by atoms with E-state index in [0.717, 1.165) is 6.26 Å². The average Bonchev–Trinajstić information content (AvgIpc) is 2.71. The number of hydrogen-bond acceptors (Lipinski definition) is 6. The highest BCUT2D eigenvalue weighted by Gasteiger charge is 2.15. The molecule has 1 aromatic carbocycles. The number of aromatic nitrogens is 3. The summed E-state index contributed by atoms with van der Waals surface area (Å²) in [6.07, 6.45) is 1.12. The Morgan fingerprint density at radius 3 is 2.57 bits per heavy atom. The molecule has 1 aromatic heterocycles. The molecule has 0 radical (unpaired) electrons. The van der Waals surface area contributed by atoms with Gasteiger partial charge in [0.1, 0.15) is 0 Å². The summed E-state index contributed by atoms with van der Waals surface area (Å²) in [5.41, 5.74) is 5.92. The fourth-order valence-electron chi connectivity index (χ4n) is 1.77. The first kappa shape index (κ1) is 15.6. The molecule has 1 heterocycles. The van der Waals surface area contributed by atoms with Crippen LogP contribution in [-0.2, 0) is 9.84 Å². The van der Waals surface area contributed by atoms with Crippen LogP contribution in [0.25, 0.3) is 0 Å². The van der Waals surface area contributed by atoms with Crippen LogP contribution in [0.5, 0.6) is 0 Å². The summed E-state index contributed by atoms with van der Waals surface area (Å²) in [5, 5.41) is 6.83. The van der Waals surface area contributed by atoms with Crippen molar-refractivity contribution in [1.29, 1.82) is 0 Å². The zero-order valence-electron chi connectivity index (χ0n) is 11.8. The first-order valence-corrected chi connectivity index (χ1v) is 8.85. The lowest BCUT2D eigenvalue weighted by molar-refractivity contribution is 0.534. The van der Waals surface area contributed by atoms with Crippen LogP contribution >= 0.6 is 11.8 Å². The second kappa shape index (κ2) is 5.57. The number of nitrogens with two attached hydrogens (primary N) is 1. The van der Waals surface area contributed by atoms with Crippen molar-refractivity contribution in [2.45, 2.75) is 34.8 Å². The number of nitrogen functional groups attached to an aromatic ring is 1. The van der Waals surface area contributed by atoms with Crippen molar-refractivity contribution in [3.8, 4) is 0 Å². The molecule has 0 bridgehead atoms. The molecule has 7 nitrogen and oxygen atoms in total. The fraction of sp³-hybridized carbons (Fsp3) is 0.333. The topological polar surface area (TPSA) is 111 Å². The van der Waals surface area contributed by atoms with Crippen molar-refractivity contribution in [2.75, 3.05) is 12.0 Å². The van der Waals surface area contributed by atoms with Crippen LogP contribution in [-0.4, -0.2) is 29.4 Å². The van der Waals surface area contributed by atoms with Gasteiger partial charge in [0.05, 0.1) is 4.90 Å². The zero-order chi connectivity index (χ0) is 15.8. The molecule has 0 spiro atoms. The molecule has 0 aliphatic heterocycles. The van der Waals surface area contributed by atoms with Crippen molar-refractivity contribution in [2.24, 2.45) is 0 Å². The SMILES string of the molecule is CC(C)n1c(Sc2ccc(S(C)(=O)=O)cc2N)n[nH]c1=O. The van der Waals surface area contributed by atoms with Gasteiger partial charge in [-0.2, -0.15) is 0 Å². The number of sulfone groups is 1. The van der Waals surface area contributed by atoms with Gasteiger partial charge in [0.15, 0.2) is 15.0 Å². The van der Waals surface area contributed by atoms with Gasteiger partial charge in [0.2, 0.25) is 0 Å². The summed E-state index contributed by atoms with van der Waals surface area (Å²) < 4.78 is 24.5. The summed E-state index contributed by atoms with van der Waals surface area (Å²) in [4.78, 5) is 12.5. The van der Waals surface area contributed by atoms with Crippen molar-refractivity contribution in [3.63, 3.8) is 0 Å². The Morgan fingerprint density at radius 1 is 1.38 bits per heavy atom. The van der Waals surface area contributed by atoms with Gasteiger partial charge in [-0.25, -0.2) is 18.3 Å². The molecule has 114 valence electrons. The molecule has 0 fully saturated rings. The van der Waals surface area contributed by atoms with Crippen LogP contribution in [0.1, 0.15) is 19.9 Å². The summed E-state index contributed by atoms with van der Waals surface area (Å²) in [5.74, 6) is 0. The highest BCUT2D eigenvalue weighted by molar-refractivity contribution is 7.99. The third-order valence-corrected chi connectivity index (χ3v) is 4.97. The second-order valence-electron chi connectivity index (χ2n) is 4.85. The predicted octanol–water partition coefficient (Wildman–Crippen LogP) is 1.29. The molecule has 2 rings (SSSR count). The maximum absolute atomic E-state index is 11.7. The van der Waals surface area contributed by atoms with Crippen molar-refractivity contribution < 1.29 is 8.42 Å². The Kier molecular flexibility index (Phi) is 4.15. The van der Waals surface area contributed by atoms with E-state index >= 15 is 0 Å². The monoisotopic (exact) mass is 328 g/mol. The highest BCUT2D eigenvalue weighted by Crippen LogP contribution is 2.32. The fourth-order valence-corrected chi connectivity index (χ4v) is 3.42. The Labute approximate surface area is 126 Å². The normalized spacial score (nSPS) is 12.0. The first-order chi connectivity index (χ1) is 9.70. The molecule has 3 N–H and O–H groups in total. The number of anilines is 1. The quantitative estimate of drug-likeness (QED) is 0.818. The molecule has 0 unspecified atom stereocenters. The van der Waals surface area contributed by atoms with E-state index in [9.17, 15) is 13.2 Å². The first-order valence-electron chi connectivity index (χ1n) is 6.14. The van der Waals surface area contributed by atoms with Crippen LogP contribution in [0.15, 0.2) is 37.9 Å². The standard InChI is InChI=1S/C12H16N4O3S2/c1-7(2)16-11(17)14-15-12(16)20-10-5-4-8(6-9(10)13)21(3,18)19/h4-7H,13H2,1-3H3,(H,14,17). The molecule has 2 aromatic rings. The van der Waals surface area contributed by atoms with E-state index in [2.05, 4.69) is 10.2 Å². The molecule has 21 heavy (non-hydrogen) atoms. The lowest BCUT2D eigenvalue weighted by Crippen LogP contribution is -2.19. The van der Waals surface area contributed by atoms with Crippen LogP contribution in [0, 0.1) is 0 Å². The van der Waals surface area contributed by atoms with E-state index in [-0.39, 0.29) is 16.6 Å². The lowest BCUT2D eigenvalue weighted by Gasteiger charge is -2.10. The summed E-state index contributed by atoms with van der Waals surface area (Å²) >= 11 is 1.21. The van der Waals surface area contributed by atoms with Gasteiger partial charge < -0.3 is 5.73 Å². The predicted molar refractivity (Wildman–Crippen MR) is 81.3 cm³/mol. The largest absolute Gasteiger partial charge is 0.398 e. The number of rotatable bonds is 4. The van der Waals surface area contributed by atoms with E-state index in [0.29, 0.717) is 15.7 Å². The van der Waals surface area contributed by atoms with Crippen LogP contribution in [0.2, 0.25) is 0 Å². The molecular formula is C12H16N4O3S2. The molecule has 0 aliphatic rings. The van der Waals surface area contributed by atoms with Crippen molar-refractivity contribution >= 4 is 27.3 Å². The smallest absolute Gasteiger partial charge is 0.344 e.